The minimum absolute atomic E-state index is 0.760. The minimum atomic E-state index is 0.760. The number of hydrogen-bond donors (Lipinski definition) is 0. The van der Waals surface area contributed by atoms with Gasteiger partial charge in [-0.1, -0.05) is 41.9 Å². The van der Waals surface area contributed by atoms with E-state index < -0.39 is 0 Å². The van der Waals surface area contributed by atoms with Crippen LogP contribution in [0.2, 0.25) is 5.02 Å². The van der Waals surface area contributed by atoms with Crippen molar-refractivity contribution in [1.82, 2.24) is 4.98 Å². The van der Waals surface area contributed by atoms with Crippen molar-refractivity contribution >= 4 is 22.7 Å². The maximum Gasteiger partial charge on any atom is 0.195 e. The molecule has 90 valence electrons. The van der Waals surface area contributed by atoms with E-state index in [-0.39, 0.29) is 0 Å². The van der Waals surface area contributed by atoms with Crippen LogP contribution in [0.15, 0.2) is 52.9 Å². The zero-order valence-electron chi connectivity index (χ0n) is 9.77. The van der Waals surface area contributed by atoms with Crippen molar-refractivity contribution in [1.29, 1.82) is 0 Å². The van der Waals surface area contributed by atoms with Crippen molar-refractivity contribution in [2.24, 2.45) is 0 Å². The molecule has 0 aliphatic heterocycles. The topological polar surface area (TPSA) is 26.0 Å². The second-order valence-corrected chi connectivity index (χ2v) is 4.57. The Balaban J connectivity index is 1.79. The van der Waals surface area contributed by atoms with Gasteiger partial charge in [-0.2, -0.15) is 0 Å². The lowest BCUT2D eigenvalue weighted by Gasteiger charge is -2.00. The summed E-state index contributed by atoms with van der Waals surface area (Å²) in [6.07, 6.45) is 1.60. The molecule has 0 fully saturated rings. The highest BCUT2D eigenvalue weighted by molar-refractivity contribution is 6.31. The van der Waals surface area contributed by atoms with Crippen LogP contribution in [0.4, 0.5) is 0 Å². The molecule has 3 aromatic rings. The van der Waals surface area contributed by atoms with Gasteiger partial charge in [0.15, 0.2) is 11.5 Å². The van der Waals surface area contributed by atoms with Crippen molar-refractivity contribution in [2.45, 2.75) is 12.8 Å². The molecule has 3 rings (SSSR count). The van der Waals surface area contributed by atoms with Crippen LogP contribution in [0, 0.1) is 0 Å². The van der Waals surface area contributed by atoms with E-state index in [1.165, 1.54) is 0 Å². The molecule has 0 unspecified atom stereocenters. The molecular weight excluding hydrogens is 246 g/mol. The van der Waals surface area contributed by atoms with Gasteiger partial charge in [0.05, 0.1) is 0 Å². The summed E-state index contributed by atoms with van der Waals surface area (Å²) in [6.45, 7) is 0. The van der Waals surface area contributed by atoms with E-state index in [1.54, 1.807) is 0 Å². The van der Waals surface area contributed by atoms with Gasteiger partial charge in [0.1, 0.15) is 5.52 Å². The number of halogens is 1. The minimum Gasteiger partial charge on any atom is -0.441 e. The molecule has 2 aromatic carbocycles. The first-order chi connectivity index (χ1) is 8.83. The molecule has 1 heterocycles. The summed E-state index contributed by atoms with van der Waals surface area (Å²) >= 11 is 6.12. The molecule has 1 aromatic heterocycles. The van der Waals surface area contributed by atoms with Crippen LogP contribution in [-0.2, 0) is 12.8 Å². The third kappa shape index (κ3) is 2.24. The molecule has 0 bridgehead atoms. The van der Waals surface area contributed by atoms with E-state index in [1.807, 2.05) is 48.5 Å². The largest absolute Gasteiger partial charge is 0.441 e. The van der Waals surface area contributed by atoms with Crippen LogP contribution in [0.25, 0.3) is 11.1 Å². The smallest absolute Gasteiger partial charge is 0.195 e. The molecule has 0 saturated heterocycles. The zero-order valence-corrected chi connectivity index (χ0v) is 10.5. The highest BCUT2D eigenvalue weighted by Crippen LogP contribution is 2.19. The molecule has 0 atom stereocenters. The quantitative estimate of drug-likeness (QED) is 0.700. The van der Waals surface area contributed by atoms with Gasteiger partial charge < -0.3 is 4.42 Å². The fourth-order valence-corrected chi connectivity index (χ4v) is 2.20. The third-order valence-electron chi connectivity index (χ3n) is 2.90. The fourth-order valence-electron chi connectivity index (χ4n) is 1.97. The molecule has 0 saturated carbocycles. The second kappa shape index (κ2) is 4.83. The van der Waals surface area contributed by atoms with Crippen molar-refractivity contribution in [2.75, 3.05) is 0 Å². The molecule has 3 heteroatoms. The van der Waals surface area contributed by atoms with Gasteiger partial charge in [-0.3, -0.25) is 0 Å². The van der Waals surface area contributed by atoms with E-state index >= 15 is 0 Å². The van der Waals surface area contributed by atoms with Gasteiger partial charge >= 0.3 is 0 Å². The maximum absolute atomic E-state index is 6.12. The van der Waals surface area contributed by atoms with E-state index in [0.717, 1.165) is 40.4 Å². The lowest BCUT2D eigenvalue weighted by atomic mass is 10.1. The maximum atomic E-state index is 6.12. The number of hydrogen-bond acceptors (Lipinski definition) is 2. The number of nitrogens with zero attached hydrogens (tertiary/aromatic N) is 1. The highest BCUT2D eigenvalue weighted by Gasteiger charge is 2.06. The molecule has 2 nitrogen and oxygen atoms in total. The van der Waals surface area contributed by atoms with E-state index in [2.05, 4.69) is 4.98 Å². The average molecular weight is 258 g/mol. The van der Waals surface area contributed by atoms with Gasteiger partial charge in [-0.15, -0.1) is 0 Å². The van der Waals surface area contributed by atoms with Crippen LogP contribution >= 0.6 is 11.6 Å². The SMILES string of the molecule is Clc1ccccc1CCc1nc2ccccc2o1. The van der Waals surface area contributed by atoms with Crippen LogP contribution in [-0.4, -0.2) is 4.98 Å². The number of aromatic nitrogens is 1. The first-order valence-corrected chi connectivity index (χ1v) is 6.28. The van der Waals surface area contributed by atoms with E-state index in [4.69, 9.17) is 16.0 Å². The Morgan fingerprint density at radius 3 is 2.56 bits per heavy atom. The van der Waals surface area contributed by atoms with Crippen molar-refractivity contribution in [3.05, 3.63) is 65.0 Å². The molecule has 0 aliphatic rings. The lowest BCUT2D eigenvalue weighted by molar-refractivity contribution is 0.528. The summed E-state index contributed by atoms with van der Waals surface area (Å²) < 4.78 is 5.68. The molecule has 0 aliphatic carbocycles. The highest BCUT2D eigenvalue weighted by atomic mass is 35.5. The molecule has 0 spiro atoms. The summed E-state index contributed by atoms with van der Waals surface area (Å²) in [5.41, 5.74) is 2.87. The molecule has 0 radical (unpaired) electrons. The van der Waals surface area contributed by atoms with Gasteiger partial charge in [0, 0.05) is 11.4 Å². The van der Waals surface area contributed by atoms with E-state index in [0.29, 0.717) is 0 Å². The fraction of sp³-hybridized carbons (Fsp3) is 0.133. The van der Waals surface area contributed by atoms with Crippen LogP contribution in [0.1, 0.15) is 11.5 Å². The third-order valence-corrected chi connectivity index (χ3v) is 3.27. The number of aryl methyl sites for hydroxylation is 2. The predicted octanol–water partition coefficient (Wildman–Crippen LogP) is 4.27. The zero-order chi connectivity index (χ0) is 12.4. The Hall–Kier alpha value is -1.80. The Kier molecular flexibility index (Phi) is 3.03. The van der Waals surface area contributed by atoms with Gasteiger partial charge in [-0.05, 0) is 30.2 Å². The van der Waals surface area contributed by atoms with Gasteiger partial charge in [-0.25, -0.2) is 4.98 Å². The second-order valence-electron chi connectivity index (χ2n) is 4.17. The Morgan fingerprint density at radius 2 is 1.72 bits per heavy atom. The number of benzene rings is 2. The summed E-state index contributed by atoms with van der Waals surface area (Å²) in [4.78, 5) is 4.45. The monoisotopic (exact) mass is 257 g/mol. The number of rotatable bonds is 3. The molecular formula is C15H12ClNO. The van der Waals surface area contributed by atoms with Crippen molar-refractivity contribution < 1.29 is 4.42 Å². The standard InChI is InChI=1S/C15H12ClNO/c16-12-6-2-1-5-11(12)9-10-15-17-13-7-3-4-8-14(13)18-15/h1-8H,9-10H2. The van der Waals surface area contributed by atoms with Gasteiger partial charge in [0.2, 0.25) is 0 Å². The van der Waals surface area contributed by atoms with Crippen LogP contribution < -0.4 is 0 Å². The van der Waals surface area contributed by atoms with Crippen LogP contribution in [0.3, 0.4) is 0 Å². The summed E-state index contributed by atoms with van der Waals surface area (Å²) in [5, 5.41) is 0.800. The number of oxazole rings is 1. The predicted molar refractivity (Wildman–Crippen MR) is 72.9 cm³/mol. The first-order valence-electron chi connectivity index (χ1n) is 5.91. The number of fused-ring (bicyclic) bond motifs is 1. The Labute approximate surface area is 110 Å². The summed E-state index contributed by atoms with van der Waals surface area (Å²) in [7, 11) is 0. The van der Waals surface area contributed by atoms with Crippen LogP contribution in [0.5, 0.6) is 0 Å². The van der Waals surface area contributed by atoms with E-state index in [9.17, 15) is 0 Å². The molecule has 0 amide bonds. The first kappa shape index (κ1) is 11.3. The Morgan fingerprint density at radius 1 is 0.944 bits per heavy atom. The normalized spacial score (nSPS) is 10.9. The van der Waals surface area contributed by atoms with Crippen molar-refractivity contribution in [3.63, 3.8) is 0 Å². The Bertz CT molecular complexity index is 642. The molecule has 0 N–H and O–H groups in total. The lowest BCUT2D eigenvalue weighted by Crippen LogP contribution is -1.92. The number of para-hydroxylation sites is 2. The van der Waals surface area contributed by atoms with Gasteiger partial charge in [0.25, 0.3) is 0 Å². The molecule has 18 heavy (non-hydrogen) atoms. The summed E-state index contributed by atoms with van der Waals surface area (Å²) in [5.74, 6) is 0.760. The summed E-state index contributed by atoms with van der Waals surface area (Å²) in [6, 6.07) is 15.7. The average Bonchev–Trinajstić information content (AvgIpc) is 2.80. The van der Waals surface area contributed by atoms with Crippen molar-refractivity contribution in [3.8, 4) is 0 Å².